The molecule has 3 rings (SSSR count). The van der Waals surface area contributed by atoms with Crippen LogP contribution in [-0.4, -0.2) is 37.8 Å². The molecule has 124 valence electrons. The molecule has 0 bridgehead atoms. The molecule has 24 heavy (non-hydrogen) atoms. The van der Waals surface area contributed by atoms with E-state index in [1.807, 2.05) is 31.2 Å². The van der Waals surface area contributed by atoms with Gasteiger partial charge in [0.25, 0.3) is 0 Å². The van der Waals surface area contributed by atoms with Crippen molar-refractivity contribution in [1.29, 1.82) is 0 Å². The number of hydrogen-bond acceptors (Lipinski definition) is 5. The number of amides is 1. The summed E-state index contributed by atoms with van der Waals surface area (Å²) in [7, 11) is 1.75. The van der Waals surface area contributed by atoms with Gasteiger partial charge in [0.2, 0.25) is 5.91 Å². The molecule has 0 aromatic carbocycles. The second kappa shape index (κ2) is 7.08. The zero-order chi connectivity index (χ0) is 16.9. The molecule has 0 fully saturated rings. The third-order valence-electron chi connectivity index (χ3n) is 3.80. The van der Waals surface area contributed by atoms with E-state index in [4.69, 9.17) is 4.52 Å². The number of likely N-dealkylation sites (N-methyl/N-ethyl adjacent to an activating group) is 1. The maximum absolute atomic E-state index is 12.6. The summed E-state index contributed by atoms with van der Waals surface area (Å²) >= 11 is 0. The highest BCUT2D eigenvalue weighted by atomic mass is 16.5. The Morgan fingerprint density at radius 1 is 1.38 bits per heavy atom. The molecular weight excluding hydrogens is 306 g/mol. The van der Waals surface area contributed by atoms with E-state index < -0.39 is 0 Å². The molecule has 0 N–H and O–H groups in total. The van der Waals surface area contributed by atoms with Crippen LogP contribution in [0.15, 0.2) is 53.6 Å². The van der Waals surface area contributed by atoms with Gasteiger partial charge < -0.3 is 9.42 Å². The SMILES string of the molecule is CC[C@H](C(=O)N(C)Cc1cc(-c2cccnc2)no1)n1cccn1. The molecule has 0 aliphatic carbocycles. The Labute approximate surface area is 139 Å². The molecule has 0 radical (unpaired) electrons. The van der Waals surface area contributed by atoms with Crippen molar-refractivity contribution in [3.63, 3.8) is 0 Å². The van der Waals surface area contributed by atoms with Gasteiger partial charge in [0, 0.05) is 43.5 Å². The Balaban J connectivity index is 1.69. The molecule has 0 unspecified atom stereocenters. The summed E-state index contributed by atoms with van der Waals surface area (Å²) in [5.74, 6) is 0.612. The van der Waals surface area contributed by atoms with Gasteiger partial charge in [0.1, 0.15) is 11.7 Å². The van der Waals surface area contributed by atoms with Crippen LogP contribution in [0.3, 0.4) is 0 Å². The van der Waals surface area contributed by atoms with Gasteiger partial charge in [0.05, 0.1) is 6.54 Å². The summed E-state index contributed by atoms with van der Waals surface area (Å²) in [5, 5.41) is 8.21. The predicted molar refractivity (Wildman–Crippen MR) is 87.8 cm³/mol. The molecule has 0 spiro atoms. The largest absolute Gasteiger partial charge is 0.359 e. The lowest BCUT2D eigenvalue weighted by Crippen LogP contribution is -2.34. The average molecular weight is 325 g/mol. The molecule has 1 amide bonds. The molecule has 0 aliphatic rings. The Morgan fingerprint density at radius 3 is 2.92 bits per heavy atom. The zero-order valence-electron chi connectivity index (χ0n) is 13.7. The Morgan fingerprint density at radius 2 is 2.25 bits per heavy atom. The topological polar surface area (TPSA) is 77.0 Å². The fourth-order valence-corrected chi connectivity index (χ4v) is 2.54. The molecular formula is C17H19N5O2. The molecule has 0 saturated heterocycles. The van der Waals surface area contributed by atoms with Crippen LogP contribution in [0, 0.1) is 0 Å². The van der Waals surface area contributed by atoms with Crippen LogP contribution in [0.4, 0.5) is 0 Å². The quantitative estimate of drug-likeness (QED) is 0.696. The fraction of sp³-hybridized carbons (Fsp3) is 0.294. The van der Waals surface area contributed by atoms with E-state index in [0.717, 1.165) is 5.56 Å². The number of carbonyl (C=O) groups is 1. The number of nitrogens with zero attached hydrogens (tertiary/aromatic N) is 5. The van der Waals surface area contributed by atoms with Gasteiger partial charge in [-0.25, -0.2) is 0 Å². The second-order valence-electron chi connectivity index (χ2n) is 5.52. The monoisotopic (exact) mass is 325 g/mol. The molecule has 3 heterocycles. The maximum Gasteiger partial charge on any atom is 0.247 e. The van der Waals surface area contributed by atoms with Gasteiger partial charge >= 0.3 is 0 Å². The van der Waals surface area contributed by atoms with Crippen LogP contribution in [0.2, 0.25) is 0 Å². The van der Waals surface area contributed by atoms with Crippen molar-refractivity contribution in [2.75, 3.05) is 7.05 Å². The van der Waals surface area contributed by atoms with Crippen molar-refractivity contribution in [2.24, 2.45) is 0 Å². The molecule has 3 aromatic rings. The van der Waals surface area contributed by atoms with Crippen molar-refractivity contribution in [1.82, 2.24) is 24.8 Å². The molecule has 1 atom stereocenters. The molecule has 7 nitrogen and oxygen atoms in total. The predicted octanol–water partition coefficient (Wildman–Crippen LogP) is 2.54. The van der Waals surface area contributed by atoms with Gasteiger partial charge in [-0.3, -0.25) is 14.5 Å². The minimum Gasteiger partial charge on any atom is -0.359 e. The summed E-state index contributed by atoms with van der Waals surface area (Å²) in [6.45, 7) is 2.32. The lowest BCUT2D eigenvalue weighted by Gasteiger charge is -2.22. The maximum atomic E-state index is 12.6. The third kappa shape index (κ3) is 3.34. The second-order valence-corrected chi connectivity index (χ2v) is 5.52. The normalized spacial score (nSPS) is 12.1. The lowest BCUT2D eigenvalue weighted by atomic mass is 10.2. The van der Waals surface area contributed by atoms with Crippen LogP contribution < -0.4 is 0 Å². The first-order valence-corrected chi connectivity index (χ1v) is 7.79. The molecule has 0 aliphatic heterocycles. The molecule has 0 saturated carbocycles. The summed E-state index contributed by atoms with van der Waals surface area (Å²) in [6.07, 6.45) is 7.57. The highest BCUT2D eigenvalue weighted by Crippen LogP contribution is 2.20. The highest BCUT2D eigenvalue weighted by Gasteiger charge is 2.23. The van der Waals surface area contributed by atoms with Crippen molar-refractivity contribution in [3.05, 3.63) is 54.8 Å². The lowest BCUT2D eigenvalue weighted by molar-refractivity contribution is -0.134. The van der Waals surface area contributed by atoms with Gasteiger partial charge in [-0.2, -0.15) is 5.10 Å². The number of carbonyl (C=O) groups excluding carboxylic acids is 1. The van der Waals surface area contributed by atoms with Crippen molar-refractivity contribution in [2.45, 2.75) is 25.9 Å². The Kier molecular flexibility index (Phi) is 4.69. The van der Waals surface area contributed by atoms with E-state index in [1.54, 1.807) is 41.4 Å². The third-order valence-corrected chi connectivity index (χ3v) is 3.80. The number of pyridine rings is 1. The van der Waals surface area contributed by atoms with Gasteiger partial charge in [-0.1, -0.05) is 12.1 Å². The van der Waals surface area contributed by atoms with Crippen molar-refractivity contribution >= 4 is 5.91 Å². The average Bonchev–Trinajstić information content (AvgIpc) is 3.28. The number of aromatic nitrogens is 4. The first kappa shape index (κ1) is 15.9. The van der Waals surface area contributed by atoms with Crippen LogP contribution in [0.1, 0.15) is 25.1 Å². The molecule has 3 aromatic heterocycles. The van der Waals surface area contributed by atoms with E-state index in [1.165, 1.54) is 0 Å². The minimum atomic E-state index is -0.314. The Hall–Kier alpha value is -2.96. The van der Waals surface area contributed by atoms with Crippen LogP contribution in [0.5, 0.6) is 0 Å². The summed E-state index contributed by atoms with van der Waals surface area (Å²) in [5.41, 5.74) is 1.59. The standard InChI is InChI=1S/C17H19N5O2/c1-3-16(22-9-5-8-19-22)17(23)21(2)12-14-10-15(20-24-14)13-6-4-7-18-11-13/h4-11,16H,3,12H2,1-2H3/t16-/m1/s1. The van der Waals surface area contributed by atoms with Crippen molar-refractivity contribution in [3.8, 4) is 11.3 Å². The van der Waals surface area contributed by atoms with Gasteiger partial charge in [0.15, 0.2) is 5.76 Å². The number of hydrogen-bond donors (Lipinski definition) is 0. The van der Waals surface area contributed by atoms with E-state index in [0.29, 0.717) is 24.4 Å². The zero-order valence-corrected chi connectivity index (χ0v) is 13.7. The van der Waals surface area contributed by atoms with E-state index in [9.17, 15) is 4.79 Å². The first-order valence-electron chi connectivity index (χ1n) is 7.79. The van der Waals surface area contributed by atoms with Crippen LogP contribution in [-0.2, 0) is 11.3 Å². The summed E-state index contributed by atoms with van der Waals surface area (Å²) in [6, 6.07) is 7.08. The van der Waals surface area contributed by atoms with E-state index >= 15 is 0 Å². The summed E-state index contributed by atoms with van der Waals surface area (Å²) < 4.78 is 7.03. The van der Waals surface area contributed by atoms with Gasteiger partial charge in [-0.05, 0) is 24.6 Å². The first-order chi connectivity index (χ1) is 11.7. The molecule has 7 heteroatoms. The van der Waals surface area contributed by atoms with Crippen LogP contribution in [0.25, 0.3) is 11.3 Å². The van der Waals surface area contributed by atoms with E-state index in [-0.39, 0.29) is 11.9 Å². The van der Waals surface area contributed by atoms with Crippen molar-refractivity contribution < 1.29 is 9.32 Å². The summed E-state index contributed by atoms with van der Waals surface area (Å²) in [4.78, 5) is 18.3. The fourth-order valence-electron chi connectivity index (χ4n) is 2.54. The van der Waals surface area contributed by atoms with Gasteiger partial charge in [-0.15, -0.1) is 0 Å². The number of rotatable bonds is 6. The Bertz CT molecular complexity index is 782. The van der Waals surface area contributed by atoms with Crippen LogP contribution >= 0.6 is 0 Å². The van der Waals surface area contributed by atoms with E-state index in [2.05, 4.69) is 15.2 Å². The minimum absolute atomic E-state index is 0.0134. The highest BCUT2D eigenvalue weighted by molar-refractivity contribution is 5.80. The smallest absolute Gasteiger partial charge is 0.247 e.